The number of para-hydroxylation sites is 1. The summed E-state index contributed by atoms with van der Waals surface area (Å²) >= 11 is 0. The van der Waals surface area contributed by atoms with Crippen LogP contribution in [0.2, 0.25) is 0 Å². The average Bonchev–Trinajstić information content (AvgIpc) is 2.80. The molecule has 0 unspecified atom stereocenters. The third-order valence-electron chi connectivity index (χ3n) is 4.72. The van der Waals surface area contributed by atoms with E-state index in [4.69, 9.17) is 9.47 Å². The topological polar surface area (TPSA) is 82.4 Å². The standard InChI is InChI=1S/C23H18FN3O4/c1-30-15-11-14(12-16(13-15)31-2)27-23(29)18-8-4-3-7-17(18)21(26-27)22(28)25-20-10-6-5-9-19(20)24/h3-13H,1-2H3,(H,25,28). The summed E-state index contributed by atoms with van der Waals surface area (Å²) in [5.74, 6) is -0.321. The Morgan fingerprint density at radius 1 is 0.935 bits per heavy atom. The Hall–Kier alpha value is -4.20. The van der Waals surface area contributed by atoms with E-state index in [-0.39, 0.29) is 16.8 Å². The second kappa shape index (κ2) is 8.27. The second-order valence-corrected chi connectivity index (χ2v) is 6.62. The fourth-order valence-electron chi connectivity index (χ4n) is 3.19. The lowest BCUT2D eigenvalue weighted by Crippen LogP contribution is -2.26. The quantitative estimate of drug-likeness (QED) is 0.532. The lowest BCUT2D eigenvalue weighted by atomic mass is 10.1. The molecule has 1 heterocycles. The van der Waals surface area contributed by atoms with Crippen molar-refractivity contribution in [1.82, 2.24) is 9.78 Å². The molecule has 3 aromatic carbocycles. The fraction of sp³-hybridized carbons (Fsp3) is 0.0870. The van der Waals surface area contributed by atoms with Gasteiger partial charge in [-0.15, -0.1) is 0 Å². The molecule has 1 N–H and O–H groups in total. The molecule has 0 saturated carbocycles. The van der Waals surface area contributed by atoms with E-state index < -0.39 is 17.3 Å². The largest absolute Gasteiger partial charge is 0.497 e. The summed E-state index contributed by atoms with van der Waals surface area (Å²) in [6, 6.07) is 17.3. The van der Waals surface area contributed by atoms with Gasteiger partial charge in [-0.2, -0.15) is 9.78 Å². The first-order valence-corrected chi connectivity index (χ1v) is 9.33. The van der Waals surface area contributed by atoms with Gasteiger partial charge < -0.3 is 14.8 Å². The number of amides is 1. The number of hydrogen-bond donors (Lipinski definition) is 1. The minimum atomic E-state index is -0.648. The average molecular weight is 419 g/mol. The Kier molecular flexibility index (Phi) is 5.36. The number of carbonyl (C=O) groups excluding carboxylic acids is 1. The third kappa shape index (κ3) is 3.83. The molecule has 0 aliphatic carbocycles. The summed E-state index contributed by atoms with van der Waals surface area (Å²) < 4.78 is 25.7. The lowest BCUT2D eigenvalue weighted by molar-refractivity contribution is 0.102. The van der Waals surface area contributed by atoms with Crippen LogP contribution in [-0.4, -0.2) is 29.9 Å². The molecule has 8 heteroatoms. The number of nitrogens with one attached hydrogen (secondary N) is 1. The summed E-state index contributed by atoms with van der Waals surface area (Å²) in [4.78, 5) is 26.2. The molecule has 0 aliphatic rings. The van der Waals surface area contributed by atoms with Crippen molar-refractivity contribution >= 4 is 22.4 Å². The van der Waals surface area contributed by atoms with E-state index in [1.165, 1.54) is 32.4 Å². The Labute approximate surface area is 176 Å². The molecule has 156 valence electrons. The van der Waals surface area contributed by atoms with Gasteiger partial charge in [-0.05, 0) is 18.2 Å². The minimum absolute atomic E-state index is 0.0131. The molecule has 0 aliphatic heterocycles. The van der Waals surface area contributed by atoms with E-state index >= 15 is 0 Å². The first-order valence-electron chi connectivity index (χ1n) is 9.33. The van der Waals surface area contributed by atoms with Crippen molar-refractivity contribution in [2.75, 3.05) is 19.5 Å². The number of benzene rings is 3. The molecule has 0 spiro atoms. The molecule has 0 radical (unpaired) electrons. The molecule has 1 amide bonds. The highest BCUT2D eigenvalue weighted by Crippen LogP contribution is 2.25. The maximum atomic E-state index is 14.0. The van der Waals surface area contributed by atoms with E-state index in [1.54, 1.807) is 48.5 Å². The summed E-state index contributed by atoms with van der Waals surface area (Å²) in [5.41, 5.74) is -0.0836. The molecule has 4 aromatic rings. The number of nitrogens with zero attached hydrogens (tertiary/aromatic N) is 2. The Balaban J connectivity index is 1.91. The van der Waals surface area contributed by atoms with Crippen LogP contribution < -0.4 is 20.3 Å². The van der Waals surface area contributed by atoms with Crippen LogP contribution in [0.15, 0.2) is 71.5 Å². The van der Waals surface area contributed by atoms with E-state index in [0.717, 1.165) is 4.68 Å². The highest BCUT2D eigenvalue weighted by molar-refractivity contribution is 6.11. The molecular formula is C23H18FN3O4. The van der Waals surface area contributed by atoms with Crippen LogP contribution in [0.5, 0.6) is 11.5 Å². The molecule has 0 bridgehead atoms. The van der Waals surface area contributed by atoms with Crippen molar-refractivity contribution in [3.05, 3.63) is 88.6 Å². The fourth-order valence-corrected chi connectivity index (χ4v) is 3.19. The van der Waals surface area contributed by atoms with Crippen molar-refractivity contribution in [3.8, 4) is 17.2 Å². The van der Waals surface area contributed by atoms with Gasteiger partial charge in [0.05, 0.1) is 31.0 Å². The number of hydrogen-bond acceptors (Lipinski definition) is 5. The Bertz CT molecular complexity index is 1330. The number of rotatable bonds is 5. The number of methoxy groups -OCH3 is 2. The van der Waals surface area contributed by atoms with Crippen LogP contribution in [-0.2, 0) is 0 Å². The van der Waals surface area contributed by atoms with Gasteiger partial charge in [-0.25, -0.2) is 4.39 Å². The van der Waals surface area contributed by atoms with Gasteiger partial charge in [0.2, 0.25) is 0 Å². The third-order valence-corrected chi connectivity index (χ3v) is 4.72. The molecule has 0 saturated heterocycles. The number of halogens is 1. The van der Waals surface area contributed by atoms with Gasteiger partial charge >= 0.3 is 0 Å². The highest BCUT2D eigenvalue weighted by Gasteiger charge is 2.19. The summed E-state index contributed by atoms with van der Waals surface area (Å²) in [5, 5.41) is 7.47. The molecule has 0 atom stereocenters. The van der Waals surface area contributed by atoms with Gasteiger partial charge in [-0.1, -0.05) is 30.3 Å². The van der Waals surface area contributed by atoms with Crippen molar-refractivity contribution in [2.24, 2.45) is 0 Å². The maximum absolute atomic E-state index is 14.0. The van der Waals surface area contributed by atoms with Gasteiger partial charge in [0.15, 0.2) is 5.69 Å². The molecule has 0 fully saturated rings. The van der Waals surface area contributed by atoms with E-state index in [9.17, 15) is 14.0 Å². The molecule has 4 rings (SSSR count). The zero-order valence-corrected chi connectivity index (χ0v) is 16.8. The van der Waals surface area contributed by atoms with Crippen LogP contribution in [0, 0.1) is 5.82 Å². The number of anilines is 1. The smallest absolute Gasteiger partial charge is 0.279 e. The van der Waals surface area contributed by atoms with Crippen molar-refractivity contribution < 1.29 is 18.7 Å². The normalized spacial score (nSPS) is 10.7. The van der Waals surface area contributed by atoms with Gasteiger partial charge in [0.25, 0.3) is 11.5 Å². The second-order valence-electron chi connectivity index (χ2n) is 6.62. The summed E-state index contributed by atoms with van der Waals surface area (Å²) in [6.45, 7) is 0. The van der Waals surface area contributed by atoms with E-state index in [1.807, 2.05) is 0 Å². The first-order chi connectivity index (χ1) is 15.0. The van der Waals surface area contributed by atoms with Gasteiger partial charge in [0.1, 0.15) is 17.3 Å². The Morgan fingerprint density at radius 3 is 2.19 bits per heavy atom. The lowest BCUT2D eigenvalue weighted by Gasteiger charge is -2.13. The first kappa shape index (κ1) is 20.1. The van der Waals surface area contributed by atoms with Crippen molar-refractivity contribution in [3.63, 3.8) is 0 Å². The van der Waals surface area contributed by atoms with Crippen LogP contribution >= 0.6 is 0 Å². The number of fused-ring (bicyclic) bond motifs is 1. The zero-order chi connectivity index (χ0) is 22.0. The molecule has 1 aromatic heterocycles. The number of aromatic nitrogens is 2. The number of carbonyl (C=O) groups is 1. The summed E-state index contributed by atoms with van der Waals surface area (Å²) in [6.07, 6.45) is 0. The van der Waals surface area contributed by atoms with Crippen LogP contribution in [0.4, 0.5) is 10.1 Å². The molecule has 31 heavy (non-hydrogen) atoms. The van der Waals surface area contributed by atoms with E-state index in [2.05, 4.69) is 10.4 Å². The van der Waals surface area contributed by atoms with Crippen molar-refractivity contribution in [2.45, 2.75) is 0 Å². The Morgan fingerprint density at radius 2 is 1.55 bits per heavy atom. The molecule has 7 nitrogen and oxygen atoms in total. The predicted octanol–water partition coefficient (Wildman–Crippen LogP) is 3.79. The molecular weight excluding hydrogens is 401 g/mol. The minimum Gasteiger partial charge on any atom is -0.497 e. The monoisotopic (exact) mass is 419 g/mol. The SMILES string of the molecule is COc1cc(OC)cc(-n2nc(C(=O)Nc3ccccc3F)c3ccccc3c2=O)c1. The predicted molar refractivity (Wildman–Crippen MR) is 115 cm³/mol. The van der Waals surface area contributed by atoms with Crippen molar-refractivity contribution in [1.29, 1.82) is 0 Å². The van der Waals surface area contributed by atoms with Crippen LogP contribution in [0.1, 0.15) is 10.5 Å². The van der Waals surface area contributed by atoms with Gasteiger partial charge in [0, 0.05) is 23.6 Å². The van der Waals surface area contributed by atoms with Crippen LogP contribution in [0.3, 0.4) is 0 Å². The van der Waals surface area contributed by atoms with E-state index in [0.29, 0.717) is 22.6 Å². The summed E-state index contributed by atoms with van der Waals surface area (Å²) in [7, 11) is 2.98. The van der Waals surface area contributed by atoms with Crippen LogP contribution in [0.25, 0.3) is 16.5 Å². The maximum Gasteiger partial charge on any atom is 0.279 e. The number of ether oxygens (including phenoxy) is 2. The van der Waals surface area contributed by atoms with Gasteiger partial charge in [-0.3, -0.25) is 9.59 Å². The zero-order valence-electron chi connectivity index (χ0n) is 16.8. The highest BCUT2D eigenvalue weighted by atomic mass is 19.1.